The lowest BCUT2D eigenvalue weighted by Crippen LogP contribution is -2.26. The number of hydrogen-bond acceptors (Lipinski definition) is 5. The van der Waals surface area contributed by atoms with E-state index in [0.717, 1.165) is 11.3 Å². The number of rotatable bonds is 8. The van der Waals surface area contributed by atoms with E-state index < -0.39 is 15.3 Å². The monoisotopic (exact) mass is 430 g/mol. The standard InChI is InChI=1S/C22H26N2O5S/c1-15(25)23-16-6-9-18(10-7-16)30(27,28)13-5-4-12-29-17-8-11-20-19(14-17)22(2,3)21(26)24-20/h6-11,14H,4-5,12-13H2,1-3H3,(H,23,25)(H,24,26). The predicted molar refractivity (Wildman–Crippen MR) is 116 cm³/mol. The average Bonchev–Trinajstić information content (AvgIpc) is 2.90. The number of carbonyl (C=O) groups excluding carboxylic acids is 2. The number of sulfone groups is 1. The fourth-order valence-corrected chi connectivity index (χ4v) is 4.66. The van der Waals surface area contributed by atoms with Gasteiger partial charge in [0.25, 0.3) is 0 Å². The van der Waals surface area contributed by atoms with Crippen molar-refractivity contribution < 1.29 is 22.7 Å². The molecule has 1 aliphatic rings. The number of nitrogens with one attached hydrogen (secondary N) is 2. The molecule has 0 spiro atoms. The minimum absolute atomic E-state index is 0.0193. The molecule has 30 heavy (non-hydrogen) atoms. The van der Waals surface area contributed by atoms with E-state index in [1.807, 2.05) is 26.0 Å². The van der Waals surface area contributed by atoms with Crippen LogP contribution >= 0.6 is 0 Å². The summed E-state index contributed by atoms with van der Waals surface area (Å²) in [6, 6.07) is 11.6. The van der Waals surface area contributed by atoms with Crippen LogP contribution in [0, 0.1) is 0 Å². The first-order valence-electron chi connectivity index (χ1n) is 9.79. The van der Waals surface area contributed by atoms with Crippen molar-refractivity contribution in [2.24, 2.45) is 0 Å². The lowest BCUT2D eigenvalue weighted by atomic mass is 9.86. The Morgan fingerprint density at radius 3 is 2.47 bits per heavy atom. The largest absolute Gasteiger partial charge is 0.494 e. The number of ether oxygens (including phenoxy) is 1. The highest BCUT2D eigenvalue weighted by Crippen LogP contribution is 2.39. The zero-order chi connectivity index (χ0) is 21.9. The summed E-state index contributed by atoms with van der Waals surface area (Å²) in [5.41, 5.74) is 1.66. The molecule has 0 atom stereocenters. The van der Waals surface area contributed by atoms with Gasteiger partial charge in [-0.2, -0.15) is 0 Å². The number of anilines is 2. The summed E-state index contributed by atoms with van der Waals surface area (Å²) >= 11 is 0. The van der Waals surface area contributed by atoms with Gasteiger partial charge in [-0.05, 0) is 74.7 Å². The number of benzene rings is 2. The quantitative estimate of drug-likeness (QED) is 0.624. The fraction of sp³-hybridized carbons (Fsp3) is 0.364. The van der Waals surface area contributed by atoms with E-state index in [9.17, 15) is 18.0 Å². The fourth-order valence-electron chi connectivity index (χ4n) is 3.29. The van der Waals surface area contributed by atoms with Crippen LogP contribution in [0.25, 0.3) is 0 Å². The second kappa shape index (κ2) is 8.47. The number of fused-ring (bicyclic) bond motifs is 1. The van der Waals surface area contributed by atoms with Gasteiger partial charge in [-0.3, -0.25) is 9.59 Å². The molecule has 0 aliphatic carbocycles. The molecule has 2 aromatic rings. The summed E-state index contributed by atoms with van der Waals surface area (Å²) in [5.74, 6) is 0.436. The Labute approximate surface area is 176 Å². The average molecular weight is 431 g/mol. The normalized spacial score (nSPS) is 14.7. The summed E-state index contributed by atoms with van der Waals surface area (Å²) in [6.45, 7) is 5.52. The molecule has 8 heteroatoms. The first kappa shape index (κ1) is 21.8. The van der Waals surface area contributed by atoms with Crippen molar-refractivity contribution in [2.45, 2.75) is 43.9 Å². The van der Waals surface area contributed by atoms with Crippen LogP contribution in [0.5, 0.6) is 5.75 Å². The van der Waals surface area contributed by atoms with Crippen LogP contribution in [0.15, 0.2) is 47.4 Å². The maximum atomic E-state index is 12.5. The maximum Gasteiger partial charge on any atom is 0.234 e. The van der Waals surface area contributed by atoms with E-state index >= 15 is 0 Å². The van der Waals surface area contributed by atoms with E-state index in [2.05, 4.69) is 10.6 Å². The molecule has 3 rings (SSSR count). The van der Waals surface area contributed by atoms with E-state index in [1.54, 1.807) is 18.2 Å². The predicted octanol–water partition coefficient (Wildman–Crippen LogP) is 3.51. The minimum Gasteiger partial charge on any atom is -0.494 e. The highest BCUT2D eigenvalue weighted by Gasteiger charge is 2.38. The zero-order valence-corrected chi connectivity index (χ0v) is 18.1. The molecule has 2 amide bonds. The van der Waals surface area contributed by atoms with Crippen molar-refractivity contribution >= 4 is 33.0 Å². The van der Waals surface area contributed by atoms with Crippen LogP contribution in [0.2, 0.25) is 0 Å². The van der Waals surface area contributed by atoms with E-state index in [4.69, 9.17) is 4.74 Å². The van der Waals surface area contributed by atoms with Gasteiger partial charge in [-0.25, -0.2) is 8.42 Å². The second-order valence-corrected chi connectivity index (χ2v) is 9.98. The highest BCUT2D eigenvalue weighted by atomic mass is 32.2. The van der Waals surface area contributed by atoms with Gasteiger partial charge < -0.3 is 15.4 Å². The lowest BCUT2D eigenvalue weighted by molar-refractivity contribution is -0.119. The number of hydrogen-bond donors (Lipinski definition) is 2. The minimum atomic E-state index is -3.39. The number of amides is 2. The molecule has 0 unspecified atom stereocenters. The summed E-state index contributed by atoms with van der Waals surface area (Å²) in [4.78, 5) is 23.3. The van der Waals surface area contributed by atoms with Crippen LogP contribution in [0.1, 0.15) is 39.2 Å². The Morgan fingerprint density at radius 1 is 1.10 bits per heavy atom. The second-order valence-electron chi connectivity index (χ2n) is 7.87. The molecular weight excluding hydrogens is 404 g/mol. The van der Waals surface area contributed by atoms with Gasteiger partial charge >= 0.3 is 0 Å². The van der Waals surface area contributed by atoms with E-state index in [1.165, 1.54) is 19.1 Å². The van der Waals surface area contributed by atoms with E-state index in [-0.39, 0.29) is 22.5 Å². The molecule has 0 bridgehead atoms. The molecule has 160 valence electrons. The van der Waals surface area contributed by atoms with Gasteiger partial charge in [0.15, 0.2) is 9.84 Å². The Hall–Kier alpha value is -2.87. The van der Waals surface area contributed by atoms with Crippen molar-refractivity contribution in [2.75, 3.05) is 23.0 Å². The van der Waals surface area contributed by atoms with Crippen LogP contribution < -0.4 is 15.4 Å². The van der Waals surface area contributed by atoms with Crippen molar-refractivity contribution in [3.8, 4) is 5.75 Å². The molecule has 7 nitrogen and oxygen atoms in total. The molecule has 2 aromatic carbocycles. The van der Waals surface area contributed by atoms with Crippen LogP contribution in [-0.2, 0) is 24.8 Å². The summed E-state index contributed by atoms with van der Waals surface area (Å²) in [5, 5.41) is 5.46. The van der Waals surface area contributed by atoms with Crippen molar-refractivity contribution in [3.63, 3.8) is 0 Å². The Balaban J connectivity index is 1.49. The SMILES string of the molecule is CC(=O)Nc1ccc(S(=O)(=O)CCCCOc2ccc3c(c2)C(C)(C)C(=O)N3)cc1. The third-order valence-corrected chi connectivity index (χ3v) is 6.91. The van der Waals surface area contributed by atoms with Gasteiger partial charge in [-0.1, -0.05) is 0 Å². The topological polar surface area (TPSA) is 102 Å². The molecule has 0 fully saturated rings. The molecule has 2 N–H and O–H groups in total. The van der Waals surface area contributed by atoms with Crippen molar-refractivity contribution in [1.82, 2.24) is 0 Å². The third-order valence-electron chi connectivity index (χ3n) is 5.09. The smallest absolute Gasteiger partial charge is 0.234 e. The molecular formula is C22H26N2O5S. The molecule has 1 aliphatic heterocycles. The van der Waals surface area contributed by atoms with Gasteiger partial charge in [-0.15, -0.1) is 0 Å². The molecule has 0 radical (unpaired) electrons. The molecule has 0 saturated heterocycles. The van der Waals surface area contributed by atoms with Crippen LogP contribution in [-0.4, -0.2) is 32.6 Å². The molecule has 0 saturated carbocycles. The number of carbonyl (C=O) groups is 2. The lowest BCUT2D eigenvalue weighted by Gasteiger charge is -2.16. The van der Waals surface area contributed by atoms with Crippen molar-refractivity contribution in [1.29, 1.82) is 0 Å². The first-order chi connectivity index (χ1) is 14.1. The summed E-state index contributed by atoms with van der Waals surface area (Å²) < 4.78 is 30.7. The van der Waals surface area contributed by atoms with Gasteiger partial charge in [0.2, 0.25) is 11.8 Å². The first-order valence-corrected chi connectivity index (χ1v) is 11.4. The summed E-state index contributed by atoms with van der Waals surface area (Å²) in [7, 11) is -3.39. The molecule has 0 aromatic heterocycles. The third kappa shape index (κ3) is 4.81. The van der Waals surface area contributed by atoms with E-state index in [0.29, 0.717) is 30.9 Å². The van der Waals surface area contributed by atoms with Crippen molar-refractivity contribution in [3.05, 3.63) is 48.0 Å². The van der Waals surface area contributed by atoms with Crippen LogP contribution in [0.4, 0.5) is 11.4 Å². The summed E-state index contributed by atoms with van der Waals surface area (Å²) in [6.07, 6.45) is 1.05. The Kier molecular flexibility index (Phi) is 6.17. The van der Waals surface area contributed by atoms with Gasteiger partial charge in [0, 0.05) is 18.3 Å². The van der Waals surface area contributed by atoms with Gasteiger partial charge in [0.05, 0.1) is 22.7 Å². The van der Waals surface area contributed by atoms with Gasteiger partial charge in [0.1, 0.15) is 5.75 Å². The van der Waals surface area contributed by atoms with Crippen LogP contribution in [0.3, 0.4) is 0 Å². The Morgan fingerprint density at radius 2 is 1.80 bits per heavy atom. The molecule has 1 heterocycles. The number of unbranched alkanes of at least 4 members (excludes halogenated alkanes) is 1. The highest BCUT2D eigenvalue weighted by molar-refractivity contribution is 7.91. The zero-order valence-electron chi connectivity index (χ0n) is 17.3. The maximum absolute atomic E-state index is 12.5. The Bertz CT molecular complexity index is 1060.